The molecular weight excluding hydrogens is 234 g/mol. The van der Waals surface area contributed by atoms with Gasteiger partial charge in [0.1, 0.15) is 0 Å². The molecule has 0 amide bonds. The first-order chi connectivity index (χ1) is 9.08. The Bertz CT molecular complexity index is 139. The summed E-state index contributed by atoms with van der Waals surface area (Å²) in [6, 6.07) is 0.920. The molecule has 0 aromatic rings. The Balaban J connectivity index is 0. The summed E-state index contributed by atoms with van der Waals surface area (Å²) in [5, 5.41) is 0. The number of unbranched alkanes of at least 4 members (excludes halogenated alkanes) is 3. The molecule has 1 atom stereocenters. The summed E-state index contributed by atoms with van der Waals surface area (Å²) < 4.78 is 0. The van der Waals surface area contributed by atoms with Crippen molar-refractivity contribution in [1.29, 1.82) is 0 Å². The fraction of sp³-hybridized carbons (Fsp3) is 1.00. The molecule has 1 saturated carbocycles. The van der Waals surface area contributed by atoms with Crippen molar-refractivity contribution in [3.05, 3.63) is 0 Å². The third-order valence-corrected chi connectivity index (χ3v) is 3.35. The van der Waals surface area contributed by atoms with Crippen LogP contribution in [0, 0.1) is 0 Å². The van der Waals surface area contributed by atoms with Crippen molar-refractivity contribution in [2.45, 2.75) is 97.1 Å². The van der Waals surface area contributed by atoms with Gasteiger partial charge in [0.05, 0.1) is 0 Å². The molecule has 1 aliphatic rings. The minimum atomic E-state index is 0.384. The van der Waals surface area contributed by atoms with E-state index in [0.29, 0.717) is 12.1 Å². The standard InChI is InChI=1S/C6H13N.C6H15N.C4H11N/c7-6-4-2-1-3-5-6;1-2-3-4-5-6-7;1-3-4(2)5/h6H,1-5,7H2;2-7H2,1H3;4H,3,5H2,1-2H3. The first-order valence-corrected chi connectivity index (χ1v) is 8.29. The molecule has 0 saturated heterocycles. The lowest BCUT2D eigenvalue weighted by Gasteiger charge is -2.15. The third kappa shape index (κ3) is 23.4. The van der Waals surface area contributed by atoms with Crippen LogP contribution in [-0.4, -0.2) is 18.6 Å². The van der Waals surface area contributed by atoms with Crippen LogP contribution in [0.1, 0.15) is 85.0 Å². The highest BCUT2D eigenvalue weighted by Gasteiger charge is 2.06. The molecule has 0 aromatic heterocycles. The topological polar surface area (TPSA) is 78.1 Å². The Morgan fingerprint density at radius 1 is 1.00 bits per heavy atom. The summed E-state index contributed by atoms with van der Waals surface area (Å²) in [5.74, 6) is 0. The van der Waals surface area contributed by atoms with Gasteiger partial charge in [0.15, 0.2) is 0 Å². The highest BCUT2D eigenvalue weighted by molar-refractivity contribution is 4.66. The summed E-state index contributed by atoms with van der Waals surface area (Å²) >= 11 is 0. The van der Waals surface area contributed by atoms with E-state index in [1.165, 1.54) is 57.8 Å². The van der Waals surface area contributed by atoms with Gasteiger partial charge in [-0.15, -0.1) is 0 Å². The molecule has 0 aliphatic heterocycles. The van der Waals surface area contributed by atoms with E-state index in [0.717, 1.165) is 13.0 Å². The molecule has 3 nitrogen and oxygen atoms in total. The lowest BCUT2D eigenvalue weighted by Crippen LogP contribution is -2.22. The largest absolute Gasteiger partial charge is 0.330 e. The highest BCUT2D eigenvalue weighted by atomic mass is 14.6. The van der Waals surface area contributed by atoms with E-state index in [1.807, 2.05) is 6.92 Å². The maximum atomic E-state index is 5.63. The molecule has 1 fully saturated rings. The zero-order valence-corrected chi connectivity index (χ0v) is 13.7. The van der Waals surface area contributed by atoms with Crippen LogP contribution in [0.15, 0.2) is 0 Å². The molecule has 0 aromatic carbocycles. The van der Waals surface area contributed by atoms with Gasteiger partial charge in [-0.25, -0.2) is 0 Å². The number of hydrogen-bond donors (Lipinski definition) is 3. The van der Waals surface area contributed by atoms with Crippen molar-refractivity contribution in [3.63, 3.8) is 0 Å². The van der Waals surface area contributed by atoms with E-state index in [-0.39, 0.29) is 0 Å². The summed E-state index contributed by atoms with van der Waals surface area (Å²) in [5.41, 5.74) is 16.2. The van der Waals surface area contributed by atoms with E-state index >= 15 is 0 Å². The SMILES string of the molecule is CCC(C)N.CCCCCCN.NC1CCCCC1. The second kappa shape index (κ2) is 17.9. The van der Waals surface area contributed by atoms with Gasteiger partial charge in [0.25, 0.3) is 0 Å². The van der Waals surface area contributed by atoms with Gasteiger partial charge in [-0.1, -0.05) is 52.4 Å². The molecule has 19 heavy (non-hydrogen) atoms. The predicted molar refractivity (Wildman–Crippen MR) is 88.2 cm³/mol. The molecule has 1 rings (SSSR count). The first-order valence-electron chi connectivity index (χ1n) is 8.29. The van der Waals surface area contributed by atoms with Crippen LogP contribution in [0.4, 0.5) is 0 Å². The van der Waals surface area contributed by atoms with Gasteiger partial charge in [-0.3, -0.25) is 0 Å². The molecule has 0 spiro atoms. The molecule has 0 radical (unpaired) electrons. The smallest absolute Gasteiger partial charge is 0.00388 e. The molecule has 3 heteroatoms. The number of rotatable bonds is 5. The van der Waals surface area contributed by atoms with Crippen molar-refractivity contribution in [2.75, 3.05) is 6.54 Å². The molecule has 6 N–H and O–H groups in total. The van der Waals surface area contributed by atoms with Gasteiger partial charge in [-0.05, 0) is 39.2 Å². The molecule has 118 valence electrons. The van der Waals surface area contributed by atoms with E-state index < -0.39 is 0 Å². The second-order valence-corrected chi connectivity index (χ2v) is 5.63. The van der Waals surface area contributed by atoms with Gasteiger partial charge in [-0.2, -0.15) is 0 Å². The Kier molecular flexibility index (Phi) is 19.9. The Morgan fingerprint density at radius 3 is 1.79 bits per heavy atom. The van der Waals surface area contributed by atoms with Crippen LogP contribution in [-0.2, 0) is 0 Å². The fourth-order valence-electron chi connectivity index (χ4n) is 1.71. The minimum Gasteiger partial charge on any atom is -0.330 e. The van der Waals surface area contributed by atoms with Crippen LogP contribution in [0.2, 0.25) is 0 Å². The van der Waals surface area contributed by atoms with E-state index in [9.17, 15) is 0 Å². The zero-order valence-electron chi connectivity index (χ0n) is 13.7. The van der Waals surface area contributed by atoms with Crippen molar-refractivity contribution in [3.8, 4) is 0 Å². The highest BCUT2D eigenvalue weighted by Crippen LogP contribution is 2.14. The van der Waals surface area contributed by atoms with Crippen molar-refractivity contribution < 1.29 is 0 Å². The summed E-state index contributed by atoms with van der Waals surface area (Å²) in [4.78, 5) is 0. The third-order valence-electron chi connectivity index (χ3n) is 3.35. The van der Waals surface area contributed by atoms with Gasteiger partial charge < -0.3 is 17.2 Å². The maximum Gasteiger partial charge on any atom is 0.00388 e. The normalized spacial score (nSPS) is 16.7. The van der Waals surface area contributed by atoms with Crippen molar-refractivity contribution in [1.82, 2.24) is 0 Å². The average Bonchev–Trinajstić information content (AvgIpc) is 2.41. The van der Waals surface area contributed by atoms with Crippen LogP contribution < -0.4 is 17.2 Å². The molecule has 0 bridgehead atoms. The zero-order chi connectivity index (χ0) is 14.9. The van der Waals surface area contributed by atoms with Gasteiger partial charge in [0, 0.05) is 12.1 Å². The van der Waals surface area contributed by atoms with Crippen molar-refractivity contribution >= 4 is 0 Å². The Hall–Kier alpha value is -0.120. The van der Waals surface area contributed by atoms with E-state index in [2.05, 4.69) is 13.8 Å². The van der Waals surface area contributed by atoms with Crippen molar-refractivity contribution in [2.24, 2.45) is 17.2 Å². The van der Waals surface area contributed by atoms with Crippen LogP contribution in [0.5, 0.6) is 0 Å². The Labute approximate surface area is 121 Å². The lowest BCUT2D eigenvalue weighted by atomic mass is 9.97. The van der Waals surface area contributed by atoms with E-state index in [1.54, 1.807) is 0 Å². The van der Waals surface area contributed by atoms with E-state index in [4.69, 9.17) is 17.2 Å². The predicted octanol–water partition coefficient (Wildman–Crippen LogP) is 3.55. The fourth-order valence-corrected chi connectivity index (χ4v) is 1.71. The quantitative estimate of drug-likeness (QED) is 0.670. The lowest BCUT2D eigenvalue weighted by molar-refractivity contribution is 0.441. The summed E-state index contributed by atoms with van der Waals surface area (Å²) in [6.07, 6.45) is 12.9. The molecule has 1 unspecified atom stereocenters. The first kappa shape index (κ1) is 21.2. The minimum absolute atomic E-state index is 0.384. The van der Waals surface area contributed by atoms with Crippen LogP contribution in [0.3, 0.4) is 0 Å². The molecular formula is C16H39N3. The van der Waals surface area contributed by atoms with Crippen LogP contribution in [0.25, 0.3) is 0 Å². The summed E-state index contributed by atoms with van der Waals surface area (Å²) in [7, 11) is 0. The molecule has 1 aliphatic carbocycles. The molecule has 0 heterocycles. The Morgan fingerprint density at radius 2 is 1.53 bits per heavy atom. The monoisotopic (exact) mass is 273 g/mol. The second-order valence-electron chi connectivity index (χ2n) is 5.63. The number of nitrogens with two attached hydrogens (primary N) is 3. The average molecular weight is 274 g/mol. The number of hydrogen-bond acceptors (Lipinski definition) is 3. The summed E-state index contributed by atoms with van der Waals surface area (Å²) in [6.45, 7) is 7.14. The maximum absolute atomic E-state index is 5.63. The van der Waals surface area contributed by atoms with Gasteiger partial charge >= 0.3 is 0 Å². The van der Waals surface area contributed by atoms with Crippen LogP contribution >= 0.6 is 0 Å². The van der Waals surface area contributed by atoms with Gasteiger partial charge in [0.2, 0.25) is 0 Å².